The van der Waals surface area contributed by atoms with Gasteiger partial charge >= 0.3 is 5.97 Å². The fraction of sp³-hybridized carbons (Fsp3) is 0.286. The van der Waals surface area contributed by atoms with Crippen LogP contribution in [-0.4, -0.2) is 30.8 Å². The lowest BCUT2D eigenvalue weighted by Gasteiger charge is -2.14. The molecule has 0 unspecified atom stereocenters. The summed E-state index contributed by atoms with van der Waals surface area (Å²) in [5.74, 6) is -0.0493. The van der Waals surface area contributed by atoms with E-state index >= 15 is 0 Å². The van der Waals surface area contributed by atoms with E-state index in [4.69, 9.17) is 9.47 Å². The van der Waals surface area contributed by atoms with E-state index in [-0.39, 0.29) is 11.6 Å². The molecule has 1 aliphatic heterocycles. The molecule has 1 saturated heterocycles. The van der Waals surface area contributed by atoms with Gasteiger partial charge in [-0.3, -0.25) is 0 Å². The van der Waals surface area contributed by atoms with E-state index in [1.54, 1.807) is 6.07 Å². The Kier molecular flexibility index (Phi) is 5.92. The van der Waals surface area contributed by atoms with Crippen LogP contribution in [-0.2, 0) is 6.61 Å². The van der Waals surface area contributed by atoms with Crippen LogP contribution in [0.1, 0.15) is 34.3 Å². The zero-order chi connectivity index (χ0) is 18.4. The lowest BCUT2D eigenvalue weighted by molar-refractivity contribution is 0.0696. The third kappa shape index (κ3) is 4.43. The molecular formula is C21H23NO4. The summed E-state index contributed by atoms with van der Waals surface area (Å²) in [5, 5.41) is 12.9. The monoisotopic (exact) mass is 353 g/mol. The Bertz CT molecular complexity index is 780. The molecule has 136 valence electrons. The van der Waals surface area contributed by atoms with Crippen molar-refractivity contribution in [1.82, 2.24) is 5.32 Å². The second-order valence-electron chi connectivity index (χ2n) is 6.23. The van der Waals surface area contributed by atoms with Gasteiger partial charge in [0.15, 0.2) is 11.5 Å². The van der Waals surface area contributed by atoms with Gasteiger partial charge in [-0.15, -0.1) is 0 Å². The average molecular weight is 353 g/mol. The molecule has 1 fully saturated rings. The highest BCUT2D eigenvalue weighted by Crippen LogP contribution is 2.32. The molecule has 3 rings (SSSR count). The van der Waals surface area contributed by atoms with Crippen LogP contribution < -0.4 is 14.8 Å². The largest absolute Gasteiger partial charge is 0.493 e. The van der Waals surface area contributed by atoms with Gasteiger partial charge in [0.05, 0.1) is 12.7 Å². The number of carboxylic acids is 1. The van der Waals surface area contributed by atoms with Gasteiger partial charge < -0.3 is 19.9 Å². The van der Waals surface area contributed by atoms with Crippen LogP contribution in [0.15, 0.2) is 48.5 Å². The summed E-state index contributed by atoms with van der Waals surface area (Å²) in [4.78, 5) is 11.6. The number of carbonyl (C=O) groups is 1. The van der Waals surface area contributed by atoms with E-state index < -0.39 is 5.97 Å². The number of hydrogen-bond acceptors (Lipinski definition) is 4. The van der Waals surface area contributed by atoms with Crippen molar-refractivity contribution in [2.45, 2.75) is 25.5 Å². The average Bonchev–Trinajstić information content (AvgIpc) is 3.18. The Labute approximate surface area is 153 Å². The van der Waals surface area contributed by atoms with Crippen molar-refractivity contribution >= 4 is 12.0 Å². The maximum atomic E-state index is 11.6. The predicted octanol–water partition coefficient (Wildman–Crippen LogP) is 3.74. The highest BCUT2D eigenvalue weighted by molar-refractivity contribution is 5.93. The number of carboxylic acid groups (broad SMARTS) is 1. The van der Waals surface area contributed by atoms with Gasteiger partial charge in [-0.1, -0.05) is 42.5 Å². The minimum Gasteiger partial charge on any atom is -0.493 e. The molecule has 2 aromatic rings. The van der Waals surface area contributed by atoms with Gasteiger partial charge in [-0.25, -0.2) is 4.79 Å². The first-order chi connectivity index (χ1) is 12.7. The van der Waals surface area contributed by atoms with Crippen LogP contribution in [0, 0.1) is 0 Å². The maximum absolute atomic E-state index is 11.6. The summed E-state index contributed by atoms with van der Waals surface area (Å²) in [6, 6.07) is 13.3. The van der Waals surface area contributed by atoms with E-state index in [9.17, 15) is 9.90 Å². The first-order valence-corrected chi connectivity index (χ1v) is 8.71. The van der Waals surface area contributed by atoms with Crippen molar-refractivity contribution in [3.63, 3.8) is 0 Å². The molecule has 26 heavy (non-hydrogen) atoms. The first-order valence-electron chi connectivity index (χ1n) is 8.71. The van der Waals surface area contributed by atoms with Gasteiger partial charge in [-0.05, 0) is 42.6 Å². The van der Waals surface area contributed by atoms with Gasteiger partial charge in [0.2, 0.25) is 0 Å². The molecule has 1 aliphatic rings. The van der Waals surface area contributed by atoms with Crippen molar-refractivity contribution in [2.75, 3.05) is 13.7 Å². The number of methoxy groups -OCH3 is 1. The molecule has 2 aromatic carbocycles. The maximum Gasteiger partial charge on any atom is 0.336 e. The lowest BCUT2D eigenvalue weighted by atomic mass is 10.0. The van der Waals surface area contributed by atoms with Crippen molar-refractivity contribution in [2.24, 2.45) is 0 Å². The Morgan fingerprint density at radius 1 is 1.27 bits per heavy atom. The van der Waals surface area contributed by atoms with Crippen LogP contribution in [0.4, 0.5) is 0 Å². The van der Waals surface area contributed by atoms with Gasteiger partial charge in [0.25, 0.3) is 0 Å². The molecule has 5 heteroatoms. The van der Waals surface area contributed by atoms with Crippen LogP contribution in [0.25, 0.3) is 6.08 Å². The fourth-order valence-electron chi connectivity index (χ4n) is 3.00. The quantitative estimate of drug-likeness (QED) is 0.794. The van der Waals surface area contributed by atoms with E-state index in [1.165, 1.54) is 13.2 Å². The molecule has 2 N–H and O–H groups in total. The minimum atomic E-state index is -0.989. The van der Waals surface area contributed by atoms with Crippen molar-refractivity contribution in [3.8, 4) is 11.5 Å². The molecule has 0 saturated carbocycles. The molecule has 0 bridgehead atoms. The van der Waals surface area contributed by atoms with Gasteiger partial charge in [-0.2, -0.15) is 0 Å². The Morgan fingerprint density at radius 3 is 2.73 bits per heavy atom. The molecule has 0 radical (unpaired) electrons. The Morgan fingerprint density at radius 2 is 2.08 bits per heavy atom. The van der Waals surface area contributed by atoms with E-state index in [0.29, 0.717) is 23.7 Å². The SMILES string of the molecule is COc1cc(C(=O)O)c(/C=C\[C@@H]2CCCN2)cc1OCc1ccccc1. The van der Waals surface area contributed by atoms with Crippen LogP contribution in [0.2, 0.25) is 0 Å². The first kappa shape index (κ1) is 18.0. The zero-order valence-corrected chi connectivity index (χ0v) is 14.8. The summed E-state index contributed by atoms with van der Waals surface area (Å²) >= 11 is 0. The molecular weight excluding hydrogens is 330 g/mol. The predicted molar refractivity (Wildman–Crippen MR) is 101 cm³/mol. The van der Waals surface area contributed by atoms with Crippen LogP contribution in [0.5, 0.6) is 11.5 Å². The number of aromatic carboxylic acids is 1. The Balaban J connectivity index is 1.87. The lowest BCUT2D eigenvalue weighted by Crippen LogP contribution is -2.18. The van der Waals surface area contributed by atoms with Crippen LogP contribution in [0.3, 0.4) is 0 Å². The van der Waals surface area contributed by atoms with Crippen molar-refractivity contribution < 1.29 is 19.4 Å². The topological polar surface area (TPSA) is 67.8 Å². The molecule has 0 aliphatic carbocycles. The molecule has 0 amide bonds. The number of ether oxygens (including phenoxy) is 2. The van der Waals surface area contributed by atoms with E-state index in [2.05, 4.69) is 5.32 Å². The molecule has 0 spiro atoms. The van der Waals surface area contributed by atoms with E-state index in [1.807, 2.05) is 42.5 Å². The number of nitrogens with one attached hydrogen (secondary N) is 1. The number of hydrogen-bond donors (Lipinski definition) is 2. The fourth-order valence-corrected chi connectivity index (χ4v) is 3.00. The number of benzene rings is 2. The third-order valence-corrected chi connectivity index (χ3v) is 4.41. The standard InChI is InChI=1S/C21H23NO4/c1-25-19-13-18(21(23)24)16(9-10-17-8-5-11-22-17)12-20(19)26-14-15-6-3-2-4-7-15/h2-4,6-7,9-10,12-13,17,22H,5,8,11,14H2,1H3,(H,23,24)/b10-9-/t17-/m0/s1. The van der Waals surface area contributed by atoms with Crippen LogP contribution >= 0.6 is 0 Å². The molecule has 5 nitrogen and oxygen atoms in total. The number of rotatable bonds is 7. The van der Waals surface area contributed by atoms with E-state index in [0.717, 1.165) is 24.9 Å². The van der Waals surface area contributed by atoms with Crippen molar-refractivity contribution in [1.29, 1.82) is 0 Å². The minimum absolute atomic E-state index is 0.197. The summed E-state index contributed by atoms with van der Waals surface area (Å²) in [7, 11) is 1.51. The summed E-state index contributed by atoms with van der Waals surface area (Å²) in [6.07, 6.45) is 6.06. The Hall–Kier alpha value is -2.79. The highest BCUT2D eigenvalue weighted by Gasteiger charge is 2.16. The molecule has 1 atom stereocenters. The third-order valence-electron chi connectivity index (χ3n) is 4.41. The smallest absolute Gasteiger partial charge is 0.336 e. The van der Waals surface area contributed by atoms with Gasteiger partial charge in [0, 0.05) is 6.04 Å². The van der Waals surface area contributed by atoms with Crippen molar-refractivity contribution in [3.05, 3.63) is 65.2 Å². The molecule has 0 aromatic heterocycles. The zero-order valence-electron chi connectivity index (χ0n) is 14.8. The highest BCUT2D eigenvalue weighted by atomic mass is 16.5. The summed E-state index contributed by atoms with van der Waals surface area (Å²) in [6.45, 7) is 1.38. The van der Waals surface area contributed by atoms with Gasteiger partial charge in [0.1, 0.15) is 6.61 Å². The summed E-state index contributed by atoms with van der Waals surface area (Å²) in [5.41, 5.74) is 1.84. The normalized spacial score (nSPS) is 16.7. The second-order valence-corrected chi connectivity index (χ2v) is 6.23. The second kappa shape index (κ2) is 8.54. The molecule has 1 heterocycles. The summed E-state index contributed by atoms with van der Waals surface area (Å²) < 4.78 is 11.2.